The number of carbonyl (C=O) groups excluding carboxylic acids is 2. The molecule has 8 rings (SSSR count). The smallest absolute Gasteiger partial charge is 0.340 e. The highest BCUT2D eigenvalue weighted by atomic mass is 35.5. The Labute approximate surface area is 294 Å². The number of halogens is 2. The summed E-state index contributed by atoms with van der Waals surface area (Å²) in [5.74, 6) is 1.22. The molecule has 0 radical (unpaired) electrons. The fourth-order valence-corrected chi connectivity index (χ4v) is 8.59. The van der Waals surface area contributed by atoms with Crippen LogP contribution in [-0.2, 0) is 4.79 Å². The van der Waals surface area contributed by atoms with Crippen LogP contribution in [0.5, 0.6) is 0 Å². The summed E-state index contributed by atoms with van der Waals surface area (Å²) in [6.45, 7) is 14.0. The fraction of sp³-hybridized carbons (Fsp3) is 0.553. The summed E-state index contributed by atoms with van der Waals surface area (Å²) in [4.78, 5) is 35.3. The number of aliphatic imine (C=N–C) groups is 1. The Morgan fingerprint density at radius 2 is 1.69 bits per heavy atom. The van der Waals surface area contributed by atoms with Crippen LogP contribution in [0.4, 0.5) is 0 Å². The SMILES string of the molecule is CC(C)(C)CCC(c1ccc(C(=O)NCC2=NNC3C4=[N+]2C43)cc1)N1C(=O)C(c2cc(Cl)cc(Cl)c2)=NC12CCC(CC(C)(C)C)CC2. The first-order valence-electron chi connectivity index (χ1n) is 17.4. The number of nitrogens with zero attached hydrogens (tertiary/aromatic N) is 4. The zero-order valence-electron chi connectivity index (χ0n) is 28.9. The average Bonchev–Trinajstić information content (AvgIpc) is 3.92. The standard InChI is InChI=1S/C38H46Cl2N6O2/c1-36(2,3)14-13-28(23-7-9-24(10-8-23)34(47)41-21-29-43-44-31-32-33(31)45(29)32)46-35(48)30(25-17-26(39)19-27(40)18-25)42-38(46)15-11-22(12-16-38)20-37(4,5)6/h7-10,17-19,22,28,31-32,44H,11-16,20-21H2,1-6H3/p+1. The molecule has 0 aromatic heterocycles. The highest BCUT2D eigenvalue weighted by Gasteiger charge is 2.75. The largest absolute Gasteiger partial charge is 0.343 e. The number of amidine groups is 1. The van der Waals surface area contributed by atoms with Crippen LogP contribution in [0.2, 0.25) is 10.0 Å². The number of hydrogen-bond donors (Lipinski definition) is 2. The maximum absolute atomic E-state index is 14.7. The summed E-state index contributed by atoms with van der Waals surface area (Å²) in [6.07, 6.45) is 6.47. The minimum Gasteiger partial charge on any atom is -0.340 e. The third-order valence-electron chi connectivity index (χ3n) is 10.5. The molecule has 6 aliphatic rings. The zero-order valence-corrected chi connectivity index (χ0v) is 30.4. The average molecular weight is 691 g/mol. The number of carbonyl (C=O) groups is 2. The highest BCUT2D eigenvalue weighted by Crippen LogP contribution is 2.49. The van der Waals surface area contributed by atoms with E-state index in [1.807, 2.05) is 24.3 Å². The second-order valence-corrected chi connectivity index (χ2v) is 17.7. The lowest BCUT2D eigenvalue weighted by Crippen LogP contribution is -2.51. The molecule has 3 unspecified atom stereocenters. The quantitative estimate of drug-likeness (QED) is 0.269. The van der Waals surface area contributed by atoms with E-state index in [-0.39, 0.29) is 28.7 Å². The fourth-order valence-electron chi connectivity index (χ4n) is 8.07. The van der Waals surface area contributed by atoms with E-state index in [1.165, 1.54) is 5.71 Å². The van der Waals surface area contributed by atoms with Crippen LogP contribution in [0.1, 0.15) is 114 Å². The molecular formula is C38H47Cl2N6O2+. The Morgan fingerprint density at radius 1 is 1.04 bits per heavy atom. The van der Waals surface area contributed by atoms with E-state index in [0.29, 0.717) is 51.4 Å². The van der Waals surface area contributed by atoms with E-state index >= 15 is 0 Å². The van der Waals surface area contributed by atoms with Gasteiger partial charge in [-0.25, -0.2) is 10.0 Å². The topological polar surface area (TPSA) is 89.2 Å². The molecule has 2 N–H and O–H groups in total. The Balaban J connectivity index is 1.18. The third-order valence-corrected chi connectivity index (χ3v) is 10.9. The second kappa shape index (κ2) is 12.0. The molecule has 8 nitrogen and oxygen atoms in total. The van der Waals surface area contributed by atoms with Crippen LogP contribution < -0.4 is 10.7 Å². The highest BCUT2D eigenvalue weighted by molar-refractivity contribution is 6.48. The predicted octanol–water partition coefficient (Wildman–Crippen LogP) is 7.38. The lowest BCUT2D eigenvalue weighted by Gasteiger charge is -2.46. The number of fused-ring (bicyclic) bond motifs is 1. The molecule has 2 amide bonds. The molecule has 2 aromatic rings. The van der Waals surface area contributed by atoms with Crippen molar-refractivity contribution in [2.24, 2.45) is 26.8 Å². The normalized spacial score (nSPS) is 26.5. The lowest BCUT2D eigenvalue weighted by molar-refractivity contribution is -0.370. The van der Waals surface area contributed by atoms with Crippen LogP contribution in [0, 0.1) is 16.7 Å². The first-order chi connectivity index (χ1) is 22.6. The van der Waals surface area contributed by atoms with Crippen molar-refractivity contribution < 1.29 is 14.2 Å². The predicted molar refractivity (Wildman–Crippen MR) is 192 cm³/mol. The number of nitrogens with one attached hydrogen (secondary N) is 2. The minimum absolute atomic E-state index is 0.0652. The van der Waals surface area contributed by atoms with Gasteiger partial charge >= 0.3 is 5.84 Å². The third kappa shape index (κ3) is 6.55. The van der Waals surface area contributed by atoms with Gasteiger partial charge in [0.25, 0.3) is 11.8 Å². The van der Waals surface area contributed by atoms with Gasteiger partial charge in [-0.1, -0.05) is 76.9 Å². The van der Waals surface area contributed by atoms with Crippen molar-refractivity contribution in [1.82, 2.24) is 15.6 Å². The second-order valence-electron chi connectivity index (χ2n) is 16.8. The summed E-state index contributed by atoms with van der Waals surface area (Å²) >= 11 is 12.9. The van der Waals surface area contributed by atoms with E-state index in [9.17, 15) is 9.59 Å². The van der Waals surface area contributed by atoms with Crippen molar-refractivity contribution in [3.63, 3.8) is 0 Å². The Hall–Kier alpha value is -3.23. The number of hydrazone groups is 1. The van der Waals surface area contributed by atoms with Gasteiger partial charge in [-0.15, -0.1) is 0 Å². The number of hydrogen-bond acceptors (Lipinski definition) is 5. The summed E-state index contributed by atoms with van der Waals surface area (Å²) in [5, 5.41) is 8.35. The van der Waals surface area contributed by atoms with Crippen molar-refractivity contribution in [3.05, 3.63) is 69.2 Å². The molecule has 3 atom stereocenters. The molecular weight excluding hydrogens is 643 g/mol. The molecule has 2 aromatic carbocycles. The van der Waals surface area contributed by atoms with Crippen molar-refractivity contribution in [1.29, 1.82) is 0 Å². The molecule has 2 saturated carbocycles. The number of benzene rings is 2. The van der Waals surface area contributed by atoms with E-state index in [0.717, 1.165) is 56.3 Å². The molecule has 0 saturated heterocycles. The molecule has 10 heteroatoms. The molecule has 1 spiro atoms. The summed E-state index contributed by atoms with van der Waals surface area (Å²) in [6, 6.07) is 13.7. The molecule has 254 valence electrons. The zero-order chi connectivity index (χ0) is 34.2. The Bertz CT molecular complexity index is 1720. The summed E-state index contributed by atoms with van der Waals surface area (Å²) in [7, 11) is 0. The van der Waals surface area contributed by atoms with E-state index in [4.69, 9.17) is 28.2 Å². The van der Waals surface area contributed by atoms with Crippen molar-refractivity contribution in [2.45, 2.75) is 110 Å². The van der Waals surface area contributed by atoms with Gasteiger partial charge in [0.1, 0.15) is 17.9 Å². The molecule has 48 heavy (non-hydrogen) atoms. The van der Waals surface area contributed by atoms with Gasteiger partial charge in [0.05, 0.1) is 6.04 Å². The molecule has 4 aliphatic heterocycles. The lowest BCUT2D eigenvalue weighted by atomic mass is 9.73. The van der Waals surface area contributed by atoms with Gasteiger partial charge in [0, 0.05) is 26.3 Å². The van der Waals surface area contributed by atoms with Crippen molar-refractivity contribution >= 4 is 52.3 Å². The van der Waals surface area contributed by atoms with Gasteiger partial charge in [-0.3, -0.25) is 14.6 Å². The maximum Gasteiger partial charge on any atom is 0.343 e. The Morgan fingerprint density at radius 3 is 2.27 bits per heavy atom. The van der Waals surface area contributed by atoms with Gasteiger partial charge in [0.15, 0.2) is 17.8 Å². The van der Waals surface area contributed by atoms with E-state index in [1.54, 1.807) is 18.2 Å². The first kappa shape index (κ1) is 33.3. The number of amides is 2. The van der Waals surface area contributed by atoms with Crippen LogP contribution in [0.15, 0.2) is 52.6 Å². The van der Waals surface area contributed by atoms with Crippen molar-refractivity contribution in [2.75, 3.05) is 6.54 Å². The van der Waals surface area contributed by atoms with Crippen molar-refractivity contribution in [3.8, 4) is 0 Å². The molecule has 2 fully saturated rings. The monoisotopic (exact) mass is 689 g/mol. The van der Waals surface area contributed by atoms with Gasteiger partial charge < -0.3 is 10.2 Å². The Kier molecular flexibility index (Phi) is 8.30. The summed E-state index contributed by atoms with van der Waals surface area (Å²) < 4.78 is 2.18. The number of rotatable bonds is 9. The van der Waals surface area contributed by atoms with Gasteiger partial charge in [-0.05, 0) is 97.6 Å². The summed E-state index contributed by atoms with van der Waals surface area (Å²) in [5.41, 5.74) is 6.84. The molecule has 4 heterocycles. The first-order valence-corrected chi connectivity index (χ1v) is 18.1. The molecule has 2 bridgehead atoms. The van der Waals surface area contributed by atoms with Gasteiger partial charge in [0.2, 0.25) is 0 Å². The molecule has 2 aliphatic carbocycles. The van der Waals surface area contributed by atoms with E-state index < -0.39 is 5.66 Å². The minimum atomic E-state index is -0.654. The maximum atomic E-state index is 14.7. The van der Waals surface area contributed by atoms with Crippen LogP contribution in [-0.4, -0.2) is 62.8 Å². The van der Waals surface area contributed by atoms with E-state index in [2.05, 4.69) is 66.9 Å². The van der Waals surface area contributed by atoms with Gasteiger partial charge in [-0.2, -0.15) is 0 Å². The van der Waals surface area contributed by atoms with Crippen LogP contribution in [0.25, 0.3) is 0 Å². The van der Waals surface area contributed by atoms with Crippen LogP contribution in [0.3, 0.4) is 0 Å². The van der Waals surface area contributed by atoms with Crippen LogP contribution >= 0.6 is 23.2 Å².